The number of hydrogen-bond donors (Lipinski definition) is 2. The van der Waals surface area contributed by atoms with Crippen molar-refractivity contribution in [3.63, 3.8) is 0 Å². The van der Waals surface area contributed by atoms with Gasteiger partial charge in [0, 0.05) is 0 Å². The smallest absolute Gasteiger partial charge is 0.192 e. The second kappa shape index (κ2) is 2.11. The maximum atomic E-state index is 3.41. The van der Waals surface area contributed by atoms with E-state index in [4.69, 9.17) is 0 Å². The van der Waals surface area contributed by atoms with Gasteiger partial charge in [0.05, 0.1) is 12.6 Å². The van der Waals surface area contributed by atoms with E-state index in [9.17, 15) is 0 Å². The van der Waals surface area contributed by atoms with Crippen molar-refractivity contribution in [3.8, 4) is 0 Å². The lowest BCUT2D eigenvalue weighted by Crippen LogP contribution is -3.00. The third-order valence-corrected chi connectivity index (χ3v) is 2.03. The van der Waals surface area contributed by atoms with E-state index >= 15 is 0 Å². The molecule has 2 heterocycles. The van der Waals surface area contributed by atoms with E-state index in [-0.39, 0.29) is 24.0 Å². The van der Waals surface area contributed by atoms with E-state index in [1.165, 1.54) is 13.1 Å². The molecular formula is C5H11IN2. The summed E-state index contributed by atoms with van der Waals surface area (Å²) in [6.07, 6.45) is 0.856. The van der Waals surface area contributed by atoms with Gasteiger partial charge in [-0.3, -0.25) is 5.32 Å². The molecule has 2 fully saturated rings. The first kappa shape index (κ1) is 6.77. The minimum absolute atomic E-state index is 0. The summed E-state index contributed by atoms with van der Waals surface area (Å²) in [4.78, 5) is 1.76. The summed E-state index contributed by atoms with van der Waals surface area (Å²) >= 11 is 0. The molecule has 0 saturated carbocycles. The number of nitrogens with one attached hydrogen (secondary N) is 2. The van der Waals surface area contributed by atoms with Crippen LogP contribution in [0.2, 0.25) is 0 Å². The van der Waals surface area contributed by atoms with Crippen molar-refractivity contribution in [1.82, 2.24) is 5.32 Å². The molecule has 0 aromatic carbocycles. The van der Waals surface area contributed by atoms with Gasteiger partial charge >= 0.3 is 0 Å². The SMILES string of the molecule is C[C@H]1CN[C@@H]2C[NH+]12.[I-]. The first-order chi connectivity index (χ1) is 3.38. The zero-order valence-electron chi connectivity index (χ0n) is 4.95. The molecule has 2 nitrogen and oxygen atoms in total. The standard InChI is InChI=1S/C5H10N2.HI/c1-4-2-6-5-3-7(4)5;/h4-6H,2-3H2,1H3;1H/t4-,5-,7?;/m0./s1. The van der Waals surface area contributed by atoms with Crippen molar-refractivity contribution in [2.75, 3.05) is 13.1 Å². The van der Waals surface area contributed by atoms with Crippen LogP contribution in [0, 0.1) is 0 Å². The van der Waals surface area contributed by atoms with Crippen LogP contribution >= 0.6 is 0 Å². The molecule has 0 amide bonds. The Morgan fingerprint density at radius 1 is 1.62 bits per heavy atom. The van der Waals surface area contributed by atoms with E-state index < -0.39 is 0 Å². The van der Waals surface area contributed by atoms with Gasteiger partial charge in [-0.25, -0.2) is 0 Å². The Morgan fingerprint density at radius 2 is 2.38 bits per heavy atom. The summed E-state index contributed by atoms with van der Waals surface area (Å²) < 4.78 is 0. The number of fused-ring (bicyclic) bond motifs is 1. The van der Waals surface area contributed by atoms with E-state index in [2.05, 4.69) is 12.2 Å². The zero-order chi connectivity index (χ0) is 4.85. The maximum Gasteiger partial charge on any atom is 0.192 e. The predicted molar refractivity (Wildman–Crippen MR) is 27.1 cm³/mol. The second-order valence-electron chi connectivity index (χ2n) is 2.64. The quantitative estimate of drug-likeness (QED) is 0.313. The van der Waals surface area contributed by atoms with Crippen LogP contribution in [0.4, 0.5) is 0 Å². The summed E-state index contributed by atoms with van der Waals surface area (Å²) in [5.41, 5.74) is 0. The molecule has 0 spiro atoms. The van der Waals surface area contributed by atoms with Gasteiger partial charge < -0.3 is 28.9 Å². The molecule has 8 heavy (non-hydrogen) atoms. The number of piperazine rings is 1. The summed E-state index contributed by atoms with van der Waals surface area (Å²) in [7, 11) is 0. The Hall–Kier alpha value is 0.650. The summed E-state index contributed by atoms with van der Waals surface area (Å²) in [5.74, 6) is 0. The normalized spacial score (nSPS) is 49.9. The molecule has 3 heteroatoms. The second-order valence-corrected chi connectivity index (χ2v) is 2.64. The molecule has 2 aliphatic heterocycles. The first-order valence-electron chi connectivity index (χ1n) is 2.97. The van der Waals surface area contributed by atoms with Gasteiger partial charge in [0.1, 0.15) is 6.54 Å². The van der Waals surface area contributed by atoms with Gasteiger partial charge in [0.2, 0.25) is 0 Å². The van der Waals surface area contributed by atoms with Crippen LogP contribution in [0.25, 0.3) is 0 Å². The molecule has 2 saturated heterocycles. The molecule has 0 radical (unpaired) electrons. The van der Waals surface area contributed by atoms with Crippen LogP contribution in [0.1, 0.15) is 6.92 Å². The van der Waals surface area contributed by atoms with Crippen LogP contribution in [-0.2, 0) is 0 Å². The molecular weight excluding hydrogens is 215 g/mol. The largest absolute Gasteiger partial charge is 1.00 e. The van der Waals surface area contributed by atoms with Gasteiger partial charge in [-0.1, -0.05) is 0 Å². The van der Waals surface area contributed by atoms with Gasteiger partial charge in [-0.15, -0.1) is 0 Å². The van der Waals surface area contributed by atoms with Crippen molar-refractivity contribution >= 4 is 0 Å². The molecule has 0 aromatic heterocycles. The van der Waals surface area contributed by atoms with Crippen LogP contribution in [0.15, 0.2) is 0 Å². The average molecular weight is 226 g/mol. The van der Waals surface area contributed by atoms with Crippen molar-refractivity contribution in [1.29, 1.82) is 0 Å². The van der Waals surface area contributed by atoms with E-state index in [0.29, 0.717) is 0 Å². The van der Waals surface area contributed by atoms with Crippen molar-refractivity contribution in [3.05, 3.63) is 0 Å². The van der Waals surface area contributed by atoms with Gasteiger partial charge in [0.15, 0.2) is 6.17 Å². The lowest BCUT2D eigenvalue weighted by Gasteiger charge is -1.96. The van der Waals surface area contributed by atoms with Gasteiger partial charge in [-0.05, 0) is 6.92 Å². The number of hydrogen-bond acceptors (Lipinski definition) is 1. The van der Waals surface area contributed by atoms with Crippen molar-refractivity contribution < 1.29 is 28.9 Å². The van der Waals surface area contributed by atoms with Crippen LogP contribution in [0.3, 0.4) is 0 Å². The fourth-order valence-corrected chi connectivity index (χ4v) is 1.37. The summed E-state index contributed by atoms with van der Waals surface area (Å²) in [5, 5.41) is 3.41. The predicted octanol–water partition coefficient (Wildman–Crippen LogP) is -4.79. The first-order valence-corrected chi connectivity index (χ1v) is 2.97. The van der Waals surface area contributed by atoms with E-state index in [0.717, 1.165) is 12.2 Å². The number of rotatable bonds is 0. The molecule has 0 bridgehead atoms. The topological polar surface area (TPSA) is 16.5 Å². The van der Waals surface area contributed by atoms with E-state index in [1.807, 2.05) is 0 Å². The highest BCUT2D eigenvalue weighted by molar-refractivity contribution is 4.75. The molecule has 0 aliphatic carbocycles. The third kappa shape index (κ3) is 0.867. The molecule has 2 rings (SSSR count). The highest BCUT2D eigenvalue weighted by Gasteiger charge is 2.49. The maximum absolute atomic E-state index is 3.41. The van der Waals surface area contributed by atoms with Gasteiger partial charge in [0.25, 0.3) is 0 Å². The van der Waals surface area contributed by atoms with Crippen LogP contribution < -0.4 is 34.2 Å². The summed E-state index contributed by atoms with van der Waals surface area (Å²) in [6.45, 7) is 4.91. The fraction of sp³-hybridized carbons (Fsp3) is 1.00. The highest BCUT2D eigenvalue weighted by atomic mass is 127. The summed E-state index contributed by atoms with van der Waals surface area (Å²) in [6, 6.07) is 0.894. The van der Waals surface area contributed by atoms with Crippen molar-refractivity contribution in [2.24, 2.45) is 0 Å². The van der Waals surface area contributed by atoms with Crippen LogP contribution in [0.5, 0.6) is 0 Å². The highest BCUT2D eigenvalue weighted by Crippen LogP contribution is 1.94. The minimum Gasteiger partial charge on any atom is -1.00 e. The van der Waals surface area contributed by atoms with Crippen LogP contribution in [-0.4, -0.2) is 25.3 Å². The number of halogens is 1. The fourth-order valence-electron chi connectivity index (χ4n) is 1.37. The zero-order valence-corrected chi connectivity index (χ0v) is 7.10. The Bertz CT molecular complexity index is 96.4. The number of quaternary nitrogens is 1. The molecule has 0 aromatic rings. The average Bonchev–Trinajstić information content (AvgIpc) is 2.33. The minimum atomic E-state index is 0. The Labute approximate surface area is 66.6 Å². The third-order valence-electron chi connectivity index (χ3n) is 2.03. The molecule has 2 aliphatic rings. The monoisotopic (exact) mass is 226 g/mol. The van der Waals surface area contributed by atoms with Gasteiger partial charge in [-0.2, -0.15) is 0 Å². The van der Waals surface area contributed by atoms with E-state index in [1.54, 1.807) is 4.90 Å². The lowest BCUT2D eigenvalue weighted by molar-refractivity contribution is -0.789. The molecule has 1 unspecified atom stereocenters. The lowest BCUT2D eigenvalue weighted by atomic mass is 10.4. The Balaban J connectivity index is 0.000000320. The van der Waals surface area contributed by atoms with Crippen molar-refractivity contribution in [2.45, 2.75) is 19.1 Å². The molecule has 2 N–H and O–H groups in total. The Morgan fingerprint density at radius 3 is 2.50 bits per heavy atom. The Kier molecular flexibility index (Phi) is 1.79. The molecule has 3 atom stereocenters. The molecule has 48 valence electrons.